The first kappa shape index (κ1) is 30.9. The van der Waals surface area contributed by atoms with Gasteiger partial charge in [-0.25, -0.2) is 5.01 Å². The van der Waals surface area contributed by atoms with E-state index in [2.05, 4.69) is 20.4 Å². The van der Waals surface area contributed by atoms with Gasteiger partial charge in [-0.15, -0.1) is 0 Å². The van der Waals surface area contributed by atoms with Crippen LogP contribution in [0.2, 0.25) is 0 Å². The zero-order valence-electron chi connectivity index (χ0n) is 23.7. The minimum atomic E-state index is -0.469. The molecule has 0 aliphatic carbocycles. The molecule has 0 saturated carbocycles. The first-order chi connectivity index (χ1) is 20.9. The highest BCUT2D eigenvalue weighted by molar-refractivity contribution is 6.67. The molecule has 5 rings (SSSR count). The molecule has 43 heavy (non-hydrogen) atoms. The molecule has 0 fully saturated rings. The van der Waals surface area contributed by atoms with Gasteiger partial charge in [0.1, 0.15) is 0 Å². The summed E-state index contributed by atoms with van der Waals surface area (Å²) in [6.45, 7) is 2.73. The Bertz CT molecular complexity index is 1600. The maximum atomic E-state index is 12.6. The van der Waals surface area contributed by atoms with Crippen molar-refractivity contribution in [3.05, 3.63) is 114 Å². The first-order valence-corrected chi connectivity index (χ1v) is 13.8. The second kappa shape index (κ2) is 15.2. The van der Waals surface area contributed by atoms with Crippen molar-refractivity contribution in [2.45, 2.75) is 26.3 Å². The summed E-state index contributed by atoms with van der Waals surface area (Å²) in [4.78, 5) is 43.1. The zero-order chi connectivity index (χ0) is 30.6. The average Bonchev–Trinajstić information content (AvgIpc) is 3.03. The molecule has 1 aliphatic heterocycles. The smallest absolute Gasteiger partial charge is 0.257 e. The van der Waals surface area contributed by atoms with E-state index in [9.17, 15) is 14.4 Å². The summed E-state index contributed by atoms with van der Waals surface area (Å²) in [5.41, 5.74) is 4.09. The van der Waals surface area contributed by atoms with E-state index in [0.717, 1.165) is 16.8 Å². The van der Waals surface area contributed by atoms with Crippen LogP contribution in [0.1, 0.15) is 51.6 Å². The quantitative estimate of drug-likeness (QED) is 0.244. The number of carbonyl (C=O) groups is 3. The number of pyridine rings is 2. The highest BCUT2D eigenvalue weighted by Crippen LogP contribution is 2.30. The Morgan fingerprint density at radius 1 is 0.930 bits per heavy atom. The normalized spacial score (nSPS) is 12.4. The SMILES string of the molecule is CCOc1cc(C2=NN(Cc3cccc(NC(=O)c4cccnc4)c3)C(=O)CC2)ccc1OC.O=C(Cl)c1cccnc1. The third kappa shape index (κ3) is 8.70. The lowest BCUT2D eigenvalue weighted by Crippen LogP contribution is -2.31. The number of hydrazone groups is 1. The maximum Gasteiger partial charge on any atom is 0.257 e. The van der Waals surface area contributed by atoms with E-state index in [1.165, 1.54) is 17.4 Å². The molecule has 0 spiro atoms. The molecule has 10 nitrogen and oxygen atoms in total. The number of benzene rings is 2. The second-order valence-corrected chi connectivity index (χ2v) is 9.55. The van der Waals surface area contributed by atoms with Gasteiger partial charge in [-0.2, -0.15) is 5.10 Å². The lowest BCUT2D eigenvalue weighted by Gasteiger charge is -2.24. The van der Waals surface area contributed by atoms with Gasteiger partial charge >= 0.3 is 0 Å². The monoisotopic (exact) mass is 599 g/mol. The Morgan fingerprint density at radius 3 is 2.30 bits per heavy atom. The number of hydrogen-bond acceptors (Lipinski definition) is 8. The third-order valence-electron chi connectivity index (χ3n) is 6.23. The molecular formula is C32H30ClN5O5. The average molecular weight is 600 g/mol. The summed E-state index contributed by atoms with van der Waals surface area (Å²) < 4.78 is 11.0. The number of methoxy groups -OCH3 is 1. The number of halogens is 1. The van der Waals surface area contributed by atoms with Gasteiger partial charge in [0.25, 0.3) is 11.1 Å². The number of ether oxygens (including phenoxy) is 2. The number of aromatic nitrogens is 2. The van der Waals surface area contributed by atoms with Crippen LogP contribution in [-0.4, -0.2) is 51.5 Å². The topological polar surface area (TPSA) is 123 Å². The van der Waals surface area contributed by atoms with Crippen LogP contribution in [0.15, 0.2) is 96.6 Å². The molecule has 1 aliphatic rings. The standard InChI is InChI=1S/C26H26N4O4.C6H4ClNO/c1-3-34-24-15-19(9-11-23(24)33-2)22-10-12-25(31)30(29-22)17-18-6-4-8-21(14-18)28-26(32)20-7-5-13-27-16-20;7-6(9)5-2-1-3-8-4-5/h4-9,11,13-16H,3,10,12,17H2,1-2H3,(H,28,32);1-4H. The van der Waals surface area contributed by atoms with Crippen molar-refractivity contribution in [3.63, 3.8) is 0 Å². The van der Waals surface area contributed by atoms with Crippen LogP contribution in [0.3, 0.4) is 0 Å². The minimum Gasteiger partial charge on any atom is -0.493 e. The lowest BCUT2D eigenvalue weighted by molar-refractivity contribution is -0.132. The third-order valence-corrected chi connectivity index (χ3v) is 6.45. The van der Waals surface area contributed by atoms with E-state index in [0.29, 0.717) is 54.3 Å². The van der Waals surface area contributed by atoms with Crippen LogP contribution in [0, 0.1) is 0 Å². The molecule has 0 radical (unpaired) electrons. The summed E-state index contributed by atoms with van der Waals surface area (Å²) in [6, 6.07) is 19.7. The number of rotatable bonds is 9. The van der Waals surface area contributed by atoms with Gasteiger partial charge in [0, 0.05) is 48.9 Å². The van der Waals surface area contributed by atoms with Crippen molar-refractivity contribution in [1.29, 1.82) is 0 Å². The highest BCUT2D eigenvalue weighted by atomic mass is 35.5. The van der Waals surface area contributed by atoms with Gasteiger partial charge in [0.15, 0.2) is 11.5 Å². The Balaban J connectivity index is 0.000000403. The van der Waals surface area contributed by atoms with Crippen LogP contribution < -0.4 is 14.8 Å². The van der Waals surface area contributed by atoms with Crippen LogP contribution in [-0.2, 0) is 11.3 Å². The fourth-order valence-electron chi connectivity index (χ4n) is 4.16. The number of nitrogens with one attached hydrogen (secondary N) is 1. The van der Waals surface area contributed by atoms with Crippen molar-refractivity contribution in [1.82, 2.24) is 15.0 Å². The van der Waals surface area contributed by atoms with E-state index >= 15 is 0 Å². The van der Waals surface area contributed by atoms with Gasteiger partial charge in [0.05, 0.1) is 37.1 Å². The van der Waals surface area contributed by atoms with Crippen LogP contribution in [0.4, 0.5) is 5.69 Å². The molecule has 2 aromatic heterocycles. The van der Waals surface area contributed by atoms with Gasteiger partial charge in [-0.1, -0.05) is 12.1 Å². The molecule has 3 heterocycles. The number of hydrogen-bond donors (Lipinski definition) is 1. The maximum absolute atomic E-state index is 12.6. The van der Waals surface area contributed by atoms with Gasteiger partial charge in [0.2, 0.25) is 5.91 Å². The predicted molar refractivity (Wildman–Crippen MR) is 164 cm³/mol. The van der Waals surface area contributed by atoms with Gasteiger partial charge in [-0.05, 0) is 78.7 Å². The van der Waals surface area contributed by atoms with Crippen molar-refractivity contribution >= 4 is 40.1 Å². The number of amides is 2. The van der Waals surface area contributed by atoms with Crippen molar-refractivity contribution in [3.8, 4) is 11.5 Å². The first-order valence-electron chi connectivity index (χ1n) is 13.5. The zero-order valence-corrected chi connectivity index (χ0v) is 24.5. The second-order valence-electron chi connectivity index (χ2n) is 9.21. The fraction of sp³-hybridized carbons (Fsp3) is 0.188. The Morgan fingerprint density at radius 2 is 1.67 bits per heavy atom. The summed E-state index contributed by atoms with van der Waals surface area (Å²) in [6.07, 6.45) is 7.06. The summed E-state index contributed by atoms with van der Waals surface area (Å²) in [7, 11) is 1.60. The van der Waals surface area contributed by atoms with E-state index in [4.69, 9.17) is 21.1 Å². The van der Waals surface area contributed by atoms with Crippen LogP contribution in [0.25, 0.3) is 0 Å². The molecule has 0 atom stereocenters. The van der Waals surface area contributed by atoms with Gasteiger partial charge in [-0.3, -0.25) is 24.4 Å². The van der Waals surface area contributed by atoms with E-state index < -0.39 is 5.24 Å². The molecular weight excluding hydrogens is 570 g/mol. The Labute approximate surface area is 254 Å². The lowest BCUT2D eigenvalue weighted by atomic mass is 10.0. The largest absolute Gasteiger partial charge is 0.493 e. The molecule has 0 bridgehead atoms. The summed E-state index contributed by atoms with van der Waals surface area (Å²) >= 11 is 5.12. The van der Waals surface area contributed by atoms with Crippen molar-refractivity contribution in [2.24, 2.45) is 5.10 Å². The predicted octanol–water partition coefficient (Wildman–Crippen LogP) is 5.73. The molecule has 1 N–H and O–H groups in total. The Kier molecular flexibility index (Phi) is 10.9. The van der Waals surface area contributed by atoms with Crippen molar-refractivity contribution in [2.75, 3.05) is 19.0 Å². The molecule has 11 heteroatoms. The van der Waals surface area contributed by atoms with Crippen LogP contribution in [0.5, 0.6) is 11.5 Å². The highest BCUT2D eigenvalue weighted by Gasteiger charge is 2.22. The molecule has 2 amide bonds. The molecule has 4 aromatic rings. The van der Waals surface area contributed by atoms with E-state index in [1.807, 2.05) is 43.3 Å². The molecule has 2 aromatic carbocycles. The van der Waals surface area contributed by atoms with Crippen LogP contribution >= 0.6 is 11.6 Å². The fourth-order valence-corrected chi connectivity index (χ4v) is 4.27. The molecule has 0 unspecified atom stereocenters. The summed E-state index contributed by atoms with van der Waals surface area (Å²) in [5, 5.41) is 8.51. The van der Waals surface area contributed by atoms with E-state index in [-0.39, 0.29) is 11.8 Å². The van der Waals surface area contributed by atoms with Crippen molar-refractivity contribution < 1.29 is 23.9 Å². The van der Waals surface area contributed by atoms with Gasteiger partial charge < -0.3 is 14.8 Å². The minimum absolute atomic E-state index is 0.0490. The van der Waals surface area contributed by atoms with E-state index in [1.54, 1.807) is 49.8 Å². The Hall–Kier alpha value is -5.09. The summed E-state index contributed by atoms with van der Waals surface area (Å²) in [5.74, 6) is 1.00. The molecule has 220 valence electrons. The number of nitrogens with zero attached hydrogens (tertiary/aromatic N) is 4. The number of carbonyl (C=O) groups excluding carboxylic acids is 3. The number of anilines is 1. The molecule has 0 saturated heterocycles.